The van der Waals surface area contributed by atoms with Crippen molar-refractivity contribution >= 4 is 30.0 Å². The minimum atomic E-state index is -1.09. The molecule has 10 nitrogen and oxygen atoms in total. The zero-order chi connectivity index (χ0) is 20.0. The number of carbonyl (C=O) groups is 4. The number of hydrogen-bond donors (Lipinski definition) is 3. The number of carbonyl (C=O) groups excluding carboxylic acids is 4. The molecule has 0 aromatic heterocycles. The molecule has 0 aromatic carbocycles. The largest absolute Gasteiger partial charge is 0.481 e. The van der Waals surface area contributed by atoms with Crippen LogP contribution in [0, 0.1) is 0 Å². The van der Waals surface area contributed by atoms with Gasteiger partial charge in [0.05, 0.1) is 12.6 Å². The van der Waals surface area contributed by atoms with E-state index in [0.717, 1.165) is 0 Å². The maximum Gasteiger partial charge on any atom is 0.303 e. The number of hydrogen-bond acceptors (Lipinski definition) is 6. The Kier molecular flexibility index (Phi) is 7.28. The summed E-state index contributed by atoms with van der Waals surface area (Å²) in [5.41, 5.74) is 5.27. The molecule has 10 heteroatoms. The molecule has 2 aliphatic heterocycles. The lowest BCUT2D eigenvalue weighted by Crippen LogP contribution is -2.55. The van der Waals surface area contributed by atoms with Crippen molar-refractivity contribution in [1.29, 1.82) is 0 Å². The molecule has 3 amide bonds. The summed E-state index contributed by atoms with van der Waals surface area (Å²) in [5.74, 6) is -2.46. The predicted octanol–water partition coefficient (Wildman–Crippen LogP) is -1.61. The highest BCUT2D eigenvalue weighted by Gasteiger charge is 2.42. The van der Waals surface area contributed by atoms with E-state index in [9.17, 15) is 24.0 Å². The molecule has 149 valence electrons. The number of likely N-dealkylation sites (tertiary alicyclic amines) is 2. The van der Waals surface area contributed by atoms with Gasteiger partial charge in [0.1, 0.15) is 12.1 Å². The van der Waals surface area contributed by atoms with Crippen LogP contribution in [0.1, 0.15) is 38.5 Å². The molecule has 2 saturated heterocycles. The van der Waals surface area contributed by atoms with Gasteiger partial charge in [0.2, 0.25) is 24.0 Å². The van der Waals surface area contributed by atoms with Crippen molar-refractivity contribution in [3.8, 4) is 0 Å². The monoisotopic (exact) mass is 381 g/mol. The molecule has 0 spiro atoms. The van der Waals surface area contributed by atoms with Gasteiger partial charge in [0.25, 0.3) is 0 Å². The van der Waals surface area contributed by atoms with Crippen LogP contribution in [0.5, 0.6) is 0 Å². The number of nitrogens with zero attached hydrogens (tertiary/aromatic N) is 2. The fourth-order valence-electron chi connectivity index (χ4n) is 3.61. The summed E-state index contributed by atoms with van der Waals surface area (Å²) in [6.07, 6.45) is 3.81. The SMILES string of the molecule is NCC(=O)N[C@@H](CCC(=O)O)C(=O)N1CCC[C@H]1C(=O)N1CCC[C@H]1[C]=O. The van der Waals surface area contributed by atoms with Crippen LogP contribution in [0.2, 0.25) is 0 Å². The molecule has 2 aliphatic rings. The van der Waals surface area contributed by atoms with Gasteiger partial charge in [-0.1, -0.05) is 0 Å². The molecular weight excluding hydrogens is 356 g/mol. The van der Waals surface area contributed by atoms with Crippen LogP contribution in [0.25, 0.3) is 0 Å². The van der Waals surface area contributed by atoms with E-state index in [2.05, 4.69) is 5.32 Å². The maximum absolute atomic E-state index is 12.9. The highest BCUT2D eigenvalue weighted by molar-refractivity contribution is 5.93. The number of aliphatic carboxylic acids is 1. The topological polar surface area (TPSA) is 150 Å². The second kappa shape index (κ2) is 9.45. The molecule has 2 heterocycles. The van der Waals surface area contributed by atoms with Gasteiger partial charge in [-0.25, -0.2) is 0 Å². The minimum absolute atomic E-state index is 0.0915. The first kappa shape index (κ1) is 20.8. The third-order valence-corrected chi connectivity index (χ3v) is 4.96. The summed E-state index contributed by atoms with van der Waals surface area (Å²) in [7, 11) is 0. The first-order valence-corrected chi connectivity index (χ1v) is 9.09. The average molecular weight is 381 g/mol. The lowest BCUT2D eigenvalue weighted by molar-refractivity contribution is -0.146. The second-order valence-corrected chi connectivity index (χ2v) is 6.75. The Hall–Kier alpha value is -2.49. The van der Waals surface area contributed by atoms with E-state index >= 15 is 0 Å². The summed E-state index contributed by atoms with van der Waals surface area (Å²) in [4.78, 5) is 62.1. The Morgan fingerprint density at radius 3 is 2.44 bits per heavy atom. The van der Waals surface area contributed by atoms with E-state index in [1.807, 2.05) is 6.29 Å². The van der Waals surface area contributed by atoms with Crippen LogP contribution in [0.3, 0.4) is 0 Å². The van der Waals surface area contributed by atoms with Crippen molar-refractivity contribution in [3.63, 3.8) is 0 Å². The van der Waals surface area contributed by atoms with E-state index in [1.165, 1.54) is 9.80 Å². The number of nitrogens with two attached hydrogens (primary N) is 1. The zero-order valence-corrected chi connectivity index (χ0v) is 15.1. The fraction of sp³-hybridized carbons (Fsp3) is 0.706. The van der Waals surface area contributed by atoms with E-state index in [4.69, 9.17) is 10.8 Å². The van der Waals surface area contributed by atoms with Gasteiger partial charge >= 0.3 is 5.97 Å². The van der Waals surface area contributed by atoms with Gasteiger partial charge < -0.3 is 26.0 Å². The molecule has 0 saturated carbocycles. The summed E-state index contributed by atoms with van der Waals surface area (Å²) in [6.45, 7) is 0.452. The van der Waals surface area contributed by atoms with Gasteiger partial charge in [-0.2, -0.15) is 0 Å². The molecule has 0 aromatic rings. The summed E-state index contributed by atoms with van der Waals surface area (Å²) < 4.78 is 0. The molecule has 0 aliphatic carbocycles. The summed E-state index contributed by atoms with van der Waals surface area (Å²) >= 11 is 0. The number of carboxylic acid groups (broad SMARTS) is 1. The molecule has 0 unspecified atom stereocenters. The molecule has 2 fully saturated rings. The Morgan fingerprint density at radius 2 is 1.81 bits per heavy atom. The van der Waals surface area contributed by atoms with Crippen molar-refractivity contribution in [2.75, 3.05) is 19.6 Å². The second-order valence-electron chi connectivity index (χ2n) is 6.75. The lowest BCUT2D eigenvalue weighted by Gasteiger charge is -2.31. The van der Waals surface area contributed by atoms with E-state index in [0.29, 0.717) is 38.8 Å². The molecule has 0 bridgehead atoms. The highest BCUT2D eigenvalue weighted by Crippen LogP contribution is 2.25. The van der Waals surface area contributed by atoms with E-state index in [1.54, 1.807) is 0 Å². The van der Waals surface area contributed by atoms with Gasteiger partial charge in [0.15, 0.2) is 0 Å². The van der Waals surface area contributed by atoms with Gasteiger partial charge in [0, 0.05) is 19.5 Å². The van der Waals surface area contributed by atoms with Gasteiger partial charge in [-0.05, 0) is 32.1 Å². The molecule has 27 heavy (non-hydrogen) atoms. The smallest absolute Gasteiger partial charge is 0.303 e. The van der Waals surface area contributed by atoms with Gasteiger partial charge in [-0.15, -0.1) is 0 Å². The Bertz CT molecular complexity index is 610. The standard InChI is InChI=1S/C17H25N4O6/c18-9-14(23)19-12(5-6-15(24)25)16(26)21-8-2-4-13(21)17(27)20-7-1-3-11(20)10-22/h11-13H,1-9,18H2,(H,19,23)(H,24,25)/t11-,12-,13-/m0/s1. The van der Waals surface area contributed by atoms with Crippen molar-refractivity contribution in [3.05, 3.63) is 0 Å². The predicted molar refractivity (Wildman–Crippen MR) is 93.0 cm³/mol. The van der Waals surface area contributed by atoms with Gasteiger partial charge in [-0.3, -0.25) is 24.0 Å². The average Bonchev–Trinajstić information content (AvgIpc) is 3.32. The Labute approximate surface area is 157 Å². The maximum atomic E-state index is 12.9. The lowest BCUT2D eigenvalue weighted by atomic mass is 10.1. The first-order chi connectivity index (χ1) is 12.9. The molecule has 1 radical (unpaired) electrons. The van der Waals surface area contributed by atoms with Crippen LogP contribution in [-0.4, -0.2) is 82.6 Å². The van der Waals surface area contributed by atoms with Crippen molar-refractivity contribution < 1.29 is 29.1 Å². The fourth-order valence-corrected chi connectivity index (χ4v) is 3.61. The van der Waals surface area contributed by atoms with Crippen LogP contribution >= 0.6 is 0 Å². The van der Waals surface area contributed by atoms with Crippen LogP contribution in [0.4, 0.5) is 0 Å². The van der Waals surface area contributed by atoms with Crippen molar-refractivity contribution in [2.24, 2.45) is 5.73 Å². The molecule has 4 N–H and O–H groups in total. The summed E-state index contributed by atoms with van der Waals surface area (Å²) in [5, 5.41) is 11.3. The normalized spacial score (nSPS) is 23.1. The Balaban J connectivity index is 2.12. The zero-order valence-electron chi connectivity index (χ0n) is 15.1. The quantitative estimate of drug-likeness (QED) is 0.457. The summed E-state index contributed by atoms with van der Waals surface area (Å²) in [6, 6.07) is -2.36. The number of rotatable bonds is 8. The molecule has 2 rings (SSSR count). The molecular formula is C17H25N4O6. The van der Waals surface area contributed by atoms with Crippen LogP contribution < -0.4 is 11.1 Å². The van der Waals surface area contributed by atoms with Crippen molar-refractivity contribution in [1.82, 2.24) is 15.1 Å². The third-order valence-electron chi connectivity index (χ3n) is 4.96. The third kappa shape index (κ3) is 5.03. The van der Waals surface area contributed by atoms with Crippen LogP contribution in [-0.2, 0) is 24.0 Å². The van der Waals surface area contributed by atoms with E-state index < -0.39 is 35.9 Å². The number of amides is 3. The first-order valence-electron chi connectivity index (χ1n) is 9.09. The van der Waals surface area contributed by atoms with E-state index in [-0.39, 0.29) is 25.3 Å². The molecule has 3 atom stereocenters. The highest BCUT2D eigenvalue weighted by atomic mass is 16.4. The minimum Gasteiger partial charge on any atom is -0.481 e. The van der Waals surface area contributed by atoms with Crippen molar-refractivity contribution in [2.45, 2.75) is 56.7 Å². The number of nitrogens with one attached hydrogen (secondary N) is 1. The van der Waals surface area contributed by atoms with Crippen LogP contribution in [0.15, 0.2) is 0 Å². The number of carboxylic acids is 1. The Morgan fingerprint density at radius 1 is 1.15 bits per heavy atom.